The largest absolute Gasteiger partial charge is 0.292 e. The summed E-state index contributed by atoms with van der Waals surface area (Å²) in [6, 6.07) is 2.03. The van der Waals surface area contributed by atoms with Crippen molar-refractivity contribution in [1.29, 1.82) is 0 Å². The molecule has 0 spiro atoms. The summed E-state index contributed by atoms with van der Waals surface area (Å²) in [6.45, 7) is 2.02. The van der Waals surface area contributed by atoms with Gasteiger partial charge in [-0.3, -0.25) is 4.79 Å². The first-order chi connectivity index (χ1) is 7.27. The maximum absolute atomic E-state index is 11.9. The van der Waals surface area contributed by atoms with Crippen molar-refractivity contribution in [1.82, 2.24) is 0 Å². The molecular weight excluding hydrogens is 224 g/mol. The summed E-state index contributed by atoms with van der Waals surface area (Å²) in [6.07, 6.45) is 5.32. The highest BCUT2D eigenvalue weighted by Crippen LogP contribution is 2.30. The second-order valence-electron chi connectivity index (χ2n) is 4.07. The molecule has 82 valence electrons. The van der Waals surface area contributed by atoms with Gasteiger partial charge in [-0.1, -0.05) is 12.8 Å². The zero-order valence-electron chi connectivity index (χ0n) is 8.99. The van der Waals surface area contributed by atoms with E-state index in [-0.39, 0.29) is 0 Å². The lowest BCUT2D eigenvalue weighted by Gasteiger charge is -2.07. The van der Waals surface area contributed by atoms with E-state index in [1.165, 1.54) is 25.7 Å². The summed E-state index contributed by atoms with van der Waals surface area (Å²) < 4.78 is 0. The Balaban J connectivity index is 1.84. The average Bonchev–Trinajstić information content (AvgIpc) is 2.84. The molecule has 0 amide bonds. The van der Waals surface area contributed by atoms with Gasteiger partial charge in [-0.15, -0.1) is 11.3 Å². The molecular formula is C12H16OS2. The van der Waals surface area contributed by atoms with Crippen molar-refractivity contribution in [3.63, 3.8) is 0 Å². The molecule has 2 rings (SSSR count). The SMILES string of the molecule is Cc1ccsc1C(=O)CSC1CCCC1. The van der Waals surface area contributed by atoms with Crippen LogP contribution in [-0.2, 0) is 0 Å². The number of hydrogen-bond donors (Lipinski definition) is 0. The molecule has 15 heavy (non-hydrogen) atoms. The molecule has 1 nitrogen and oxygen atoms in total. The highest BCUT2D eigenvalue weighted by atomic mass is 32.2. The molecule has 0 bridgehead atoms. The second-order valence-corrected chi connectivity index (χ2v) is 6.28. The number of Topliss-reactive ketones (excluding diaryl/α,β-unsaturated/α-hetero) is 1. The average molecular weight is 240 g/mol. The van der Waals surface area contributed by atoms with Crippen LogP contribution in [0.15, 0.2) is 11.4 Å². The van der Waals surface area contributed by atoms with E-state index in [9.17, 15) is 4.79 Å². The van der Waals surface area contributed by atoms with Crippen molar-refractivity contribution >= 4 is 28.9 Å². The number of thiophene rings is 1. The minimum absolute atomic E-state index is 0.319. The lowest BCUT2D eigenvalue weighted by molar-refractivity contribution is 0.102. The molecule has 0 saturated heterocycles. The molecule has 0 radical (unpaired) electrons. The van der Waals surface area contributed by atoms with Crippen LogP contribution in [0.1, 0.15) is 40.9 Å². The highest BCUT2D eigenvalue weighted by molar-refractivity contribution is 8.00. The van der Waals surface area contributed by atoms with Gasteiger partial charge in [0, 0.05) is 5.25 Å². The Morgan fingerprint density at radius 1 is 1.53 bits per heavy atom. The summed E-state index contributed by atoms with van der Waals surface area (Å²) in [5, 5.41) is 2.75. The molecule has 0 N–H and O–H groups in total. The smallest absolute Gasteiger partial charge is 0.182 e. The Hall–Kier alpha value is -0.280. The molecule has 0 atom stereocenters. The molecule has 1 aromatic heterocycles. The molecule has 1 aliphatic rings. The third kappa shape index (κ3) is 2.85. The van der Waals surface area contributed by atoms with E-state index in [2.05, 4.69) is 0 Å². The van der Waals surface area contributed by atoms with E-state index >= 15 is 0 Å². The Morgan fingerprint density at radius 3 is 2.87 bits per heavy atom. The van der Waals surface area contributed by atoms with E-state index in [1.54, 1.807) is 11.3 Å². The number of thioether (sulfide) groups is 1. The third-order valence-corrected chi connectivity index (χ3v) is 5.30. The number of carbonyl (C=O) groups excluding carboxylic acids is 1. The second kappa shape index (κ2) is 5.17. The number of rotatable bonds is 4. The van der Waals surface area contributed by atoms with E-state index in [1.807, 2.05) is 30.1 Å². The first-order valence-electron chi connectivity index (χ1n) is 5.46. The van der Waals surface area contributed by atoms with Gasteiger partial charge in [0.2, 0.25) is 0 Å². The Kier molecular flexibility index (Phi) is 3.87. The van der Waals surface area contributed by atoms with Crippen LogP contribution in [0.5, 0.6) is 0 Å². The molecule has 1 aliphatic carbocycles. The predicted molar refractivity (Wildman–Crippen MR) is 68.1 cm³/mol. The van der Waals surface area contributed by atoms with Crippen LogP contribution in [0.2, 0.25) is 0 Å². The van der Waals surface area contributed by atoms with Gasteiger partial charge in [-0.2, -0.15) is 11.8 Å². The molecule has 3 heteroatoms. The normalized spacial score (nSPS) is 17.1. The van der Waals surface area contributed by atoms with Gasteiger partial charge in [0.1, 0.15) is 0 Å². The monoisotopic (exact) mass is 240 g/mol. The van der Waals surface area contributed by atoms with Crippen LogP contribution in [0, 0.1) is 6.92 Å². The highest BCUT2D eigenvalue weighted by Gasteiger charge is 2.18. The van der Waals surface area contributed by atoms with Crippen molar-refractivity contribution in [2.75, 3.05) is 5.75 Å². The van der Waals surface area contributed by atoms with Gasteiger partial charge < -0.3 is 0 Å². The predicted octanol–water partition coefficient (Wildman–Crippen LogP) is 3.92. The van der Waals surface area contributed by atoms with Gasteiger partial charge in [0.15, 0.2) is 5.78 Å². The minimum Gasteiger partial charge on any atom is -0.292 e. The maximum atomic E-state index is 11.9. The van der Waals surface area contributed by atoms with E-state index in [0.717, 1.165) is 15.7 Å². The van der Waals surface area contributed by atoms with Crippen LogP contribution >= 0.6 is 23.1 Å². The summed E-state index contributed by atoms with van der Waals surface area (Å²) in [5.74, 6) is 0.992. The Bertz CT molecular complexity index is 337. The zero-order valence-corrected chi connectivity index (χ0v) is 10.6. The molecule has 1 saturated carbocycles. The number of carbonyl (C=O) groups is 1. The summed E-state index contributed by atoms with van der Waals surface area (Å²) in [5.41, 5.74) is 1.14. The van der Waals surface area contributed by atoms with E-state index < -0.39 is 0 Å². The molecule has 0 aromatic carbocycles. The van der Waals surface area contributed by atoms with Crippen LogP contribution < -0.4 is 0 Å². The van der Waals surface area contributed by atoms with Gasteiger partial charge in [0.05, 0.1) is 10.6 Å². The van der Waals surface area contributed by atoms with Gasteiger partial charge in [-0.05, 0) is 36.8 Å². The third-order valence-electron chi connectivity index (χ3n) is 2.87. The number of ketones is 1. The molecule has 0 aliphatic heterocycles. The number of hydrogen-bond acceptors (Lipinski definition) is 3. The lowest BCUT2D eigenvalue weighted by atomic mass is 10.2. The van der Waals surface area contributed by atoms with E-state index in [4.69, 9.17) is 0 Å². The van der Waals surface area contributed by atoms with E-state index in [0.29, 0.717) is 11.5 Å². The van der Waals surface area contributed by atoms with Gasteiger partial charge >= 0.3 is 0 Å². The standard InChI is InChI=1S/C12H16OS2/c1-9-6-7-14-12(9)11(13)8-15-10-4-2-3-5-10/h6-7,10H,2-5,8H2,1H3. The minimum atomic E-state index is 0.319. The fourth-order valence-corrected chi connectivity index (χ4v) is 4.13. The molecule has 1 heterocycles. The zero-order chi connectivity index (χ0) is 10.7. The van der Waals surface area contributed by atoms with Crippen LogP contribution in [0.4, 0.5) is 0 Å². The van der Waals surface area contributed by atoms with Gasteiger partial charge in [0.25, 0.3) is 0 Å². The van der Waals surface area contributed by atoms with Crippen molar-refractivity contribution in [2.45, 2.75) is 37.9 Å². The maximum Gasteiger partial charge on any atom is 0.182 e. The van der Waals surface area contributed by atoms with Crippen molar-refractivity contribution in [2.24, 2.45) is 0 Å². The van der Waals surface area contributed by atoms with Crippen LogP contribution in [0.25, 0.3) is 0 Å². The van der Waals surface area contributed by atoms with Crippen molar-refractivity contribution in [3.05, 3.63) is 21.9 Å². The number of aryl methyl sites for hydroxylation is 1. The quantitative estimate of drug-likeness (QED) is 0.742. The Morgan fingerprint density at radius 2 is 2.27 bits per heavy atom. The molecule has 1 aromatic rings. The fraction of sp³-hybridized carbons (Fsp3) is 0.583. The van der Waals surface area contributed by atoms with Crippen LogP contribution in [0.3, 0.4) is 0 Å². The molecule has 0 unspecified atom stereocenters. The first kappa shape index (κ1) is 11.2. The summed E-state index contributed by atoms with van der Waals surface area (Å²) in [4.78, 5) is 12.8. The van der Waals surface area contributed by atoms with Crippen molar-refractivity contribution in [3.8, 4) is 0 Å². The summed E-state index contributed by atoms with van der Waals surface area (Å²) in [7, 11) is 0. The van der Waals surface area contributed by atoms with Gasteiger partial charge in [-0.25, -0.2) is 0 Å². The van der Waals surface area contributed by atoms with Crippen LogP contribution in [-0.4, -0.2) is 16.8 Å². The molecule has 1 fully saturated rings. The Labute approximate surface area is 99.3 Å². The van der Waals surface area contributed by atoms with Crippen molar-refractivity contribution < 1.29 is 4.79 Å². The summed E-state index contributed by atoms with van der Waals surface area (Å²) >= 11 is 3.43. The topological polar surface area (TPSA) is 17.1 Å². The fourth-order valence-electron chi connectivity index (χ4n) is 1.97. The lowest BCUT2D eigenvalue weighted by Crippen LogP contribution is -2.05. The first-order valence-corrected chi connectivity index (χ1v) is 7.39.